The number of carbonyl (C=O) groups is 2. The first-order valence-corrected chi connectivity index (χ1v) is 8.53. The normalized spacial score (nSPS) is 14.3. The summed E-state index contributed by atoms with van der Waals surface area (Å²) >= 11 is 0. The van der Waals surface area contributed by atoms with Crippen LogP contribution in [0.15, 0.2) is 36.4 Å². The van der Waals surface area contributed by atoms with Crippen molar-refractivity contribution in [3.8, 4) is 0 Å². The Bertz CT molecular complexity index is 831. The summed E-state index contributed by atoms with van der Waals surface area (Å²) in [4.78, 5) is 24.4. The minimum absolute atomic E-state index is 0.363. The number of aryl methyl sites for hydroxylation is 2. The van der Waals surface area contributed by atoms with Gasteiger partial charge in [-0.1, -0.05) is 12.1 Å². The second-order valence-electron chi connectivity index (χ2n) is 6.32. The summed E-state index contributed by atoms with van der Waals surface area (Å²) in [6.07, 6.45) is 2.94. The lowest BCUT2D eigenvalue weighted by Crippen LogP contribution is -2.30. The van der Waals surface area contributed by atoms with Crippen molar-refractivity contribution in [2.45, 2.75) is 38.7 Å². The molecule has 0 saturated heterocycles. The van der Waals surface area contributed by atoms with Gasteiger partial charge < -0.3 is 10.1 Å². The Morgan fingerprint density at radius 1 is 1.04 bits per heavy atom. The van der Waals surface area contributed by atoms with Crippen molar-refractivity contribution in [3.05, 3.63) is 64.7 Å². The van der Waals surface area contributed by atoms with Gasteiger partial charge in [0, 0.05) is 0 Å². The quantitative estimate of drug-likeness (QED) is 0.839. The van der Waals surface area contributed by atoms with Crippen LogP contribution in [0.1, 0.15) is 41.3 Å². The van der Waals surface area contributed by atoms with Gasteiger partial charge in [0.1, 0.15) is 17.3 Å². The number of nitrogens with one attached hydrogen (secondary N) is 1. The predicted octanol–water partition coefficient (Wildman–Crippen LogP) is 4.03. The number of amides is 1. The molecule has 1 aliphatic rings. The van der Waals surface area contributed by atoms with Crippen molar-refractivity contribution in [2.75, 3.05) is 5.32 Å². The first-order chi connectivity index (χ1) is 12.5. The van der Waals surface area contributed by atoms with Gasteiger partial charge in [-0.25, -0.2) is 13.6 Å². The minimum atomic E-state index is -1.20. The van der Waals surface area contributed by atoms with Gasteiger partial charge in [-0.2, -0.15) is 0 Å². The van der Waals surface area contributed by atoms with E-state index in [9.17, 15) is 18.4 Å². The molecule has 0 fully saturated rings. The molecule has 1 atom stereocenters. The van der Waals surface area contributed by atoms with Gasteiger partial charge in [0.05, 0.1) is 5.56 Å². The highest BCUT2D eigenvalue weighted by Crippen LogP contribution is 2.23. The maximum atomic E-state index is 13.6. The van der Waals surface area contributed by atoms with Crippen LogP contribution in [0.2, 0.25) is 0 Å². The van der Waals surface area contributed by atoms with Crippen molar-refractivity contribution in [1.82, 2.24) is 0 Å². The molecule has 2 aromatic rings. The molecule has 0 unspecified atom stereocenters. The van der Waals surface area contributed by atoms with Crippen molar-refractivity contribution >= 4 is 17.6 Å². The Morgan fingerprint density at radius 2 is 1.69 bits per heavy atom. The number of fused-ring (bicyclic) bond motifs is 1. The van der Waals surface area contributed by atoms with Crippen LogP contribution < -0.4 is 5.32 Å². The van der Waals surface area contributed by atoms with Gasteiger partial charge in [0.2, 0.25) is 0 Å². The highest BCUT2D eigenvalue weighted by Gasteiger charge is 2.22. The van der Waals surface area contributed by atoms with Gasteiger partial charge in [0.25, 0.3) is 5.91 Å². The maximum Gasteiger partial charge on any atom is 0.338 e. The Hall–Kier alpha value is -2.76. The maximum absolute atomic E-state index is 13.6. The zero-order chi connectivity index (χ0) is 18.7. The molecule has 4 nitrogen and oxygen atoms in total. The Labute approximate surface area is 150 Å². The molecular formula is C20H19F2NO3. The van der Waals surface area contributed by atoms with Gasteiger partial charge in [0.15, 0.2) is 6.10 Å². The Morgan fingerprint density at radius 3 is 2.38 bits per heavy atom. The van der Waals surface area contributed by atoms with E-state index in [2.05, 4.69) is 5.32 Å². The van der Waals surface area contributed by atoms with Crippen molar-refractivity contribution < 1.29 is 23.1 Å². The average molecular weight is 359 g/mol. The van der Waals surface area contributed by atoms with E-state index in [4.69, 9.17) is 4.74 Å². The highest BCUT2D eigenvalue weighted by atomic mass is 19.1. The Balaban J connectivity index is 1.66. The predicted molar refractivity (Wildman–Crippen MR) is 92.9 cm³/mol. The molecule has 26 heavy (non-hydrogen) atoms. The molecule has 0 radical (unpaired) electrons. The molecule has 6 heteroatoms. The van der Waals surface area contributed by atoms with E-state index < -0.39 is 35.3 Å². The number of hydrogen-bond donors (Lipinski definition) is 1. The number of benzene rings is 2. The SMILES string of the molecule is C[C@H](OC(=O)c1ccc2c(c1)CCCC2)C(=O)Nc1c(F)cccc1F. The monoisotopic (exact) mass is 359 g/mol. The van der Waals surface area contributed by atoms with Crippen LogP contribution in [0.3, 0.4) is 0 Å². The van der Waals surface area contributed by atoms with E-state index in [0.717, 1.165) is 43.4 Å². The number of halogens is 2. The average Bonchev–Trinajstić information content (AvgIpc) is 2.64. The smallest absolute Gasteiger partial charge is 0.338 e. The van der Waals surface area contributed by atoms with Crippen LogP contribution in [-0.2, 0) is 22.4 Å². The Kier molecular flexibility index (Phi) is 5.30. The van der Waals surface area contributed by atoms with E-state index >= 15 is 0 Å². The molecule has 1 aliphatic carbocycles. The largest absolute Gasteiger partial charge is 0.449 e. The van der Waals surface area contributed by atoms with Gasteiger partial charge in [-0.05, 0) is 68.0 Å². The van der Waals surface area contributed by atoms with Gasteiger partial charge in [-0.3, -0.25) is 4.79 Å². The van der Waals surface area contributed by atoms with E-state index in [1.807, 2.05) is 6.07 Å². The summed E-state index contributed by atoms with van der Waals surface area (Å²) in [5.74, 6) is -3.24. The number of esters is 1. The molecule has 0 bridgehead atoms. The molecule has 0 aliphatic heterocycles. The van der Waals surface area contributed by atoms with Crippen LogP contribution in [0, 0.1) is 11.6 Å². The molecule has 2 aromatic carbocycles. The van der Waals surface area contributed by atoms with Crippen LogP contribution in [0.25, 0.3) is 0 Å². The van der Waals surface area contributed by atoms with Gasteiger partial charge in [-0.15, -0.1) is 0 Å². The van der Waals surface area contributed by atoms with Crippen molar-refractivity contribution in [3.63, 3.8) is 0 Å². The number of ether oxygens (including phenoxy) is 1. The fraction of sp³-hybridized carbons (Fsp3) is 0.300. The molecule has 0 heterocycles. The molecule has 0 spiro atoms. The second-order valence-corrected chi connectivity index (χ2v) is 6.32. The summed E-state index contributed by atoms with van der Waals surface area (Å²) in [5.41, 5.74) is 2.15. The second kappa shape index (κ2) is 7.64. The standard InChI is InChI=1S/C20H19F2NO3/c1-12(19(24)23-18-16(21)7-4-8-17(18)22)26-20(25)15-10-9-13-5-2-3-6-14(13)11-15/h4,7-12H,2-3,5-6H2,1H3,(H,23,24)/t12-/m0/s1. The minimum Gasteiger partial charge on any atom is -0.449 e. The molecule has 136 valence electrons. The highest BCUT2D eigenvalue weighted by molar-refractivity contribution is 5.97. The van der Waals surface area contributed by atoms with Crippen molar-refractivity contribution in [2.24, 2.45) is 0 Å². The first-order valence-electron chi connectivity index (χ1n) is 8.53. The number of carbonyl (C=O) groups excluding carboxylic acids is 2. The number of anilines is 1. The summed E-state index contributed by atoms with van der Waals surface area (Å²) < 4.78 is 32.3. The number of rotatable bonds is 4. The molecule has 1 amide bonds. The van der Waals surface area contributed by atoms with Gasteiger partial charge >= 0.3 is 5.97 Å². The molecule has 3 rings (SSSR count). The molecule has 0 saturated carbocycles. The first kappa shape index (κ1) is 18.0. The van der Waals surface area contributed by atoms with E-state index in [0.29, 0.717) is 5.56 Å². The lowest BCUT2D eigenvalue weighted by Gasteiger charge is -2.17. The third kappa shape index (κ3) is 3.90. The van der Waals surface area contributed by atoms with Crippen LogP contribution in [0.5, 0.6) is 0 Å². The lowest BCUT2D eigenvalue weighted by molar-refractivity contribution is -0.123. The summed E-state index contributed by atoms with van der Waals surface area (Å²) in [6, 6.07) is 8.63. The summed E-state index contributed by atoms with van der Waals surface area (Å²) in [7, 11) is 0. The topological polar surface area (TPSA) is 55.4 Å². The van der Waals surface area contributed by atoms with E-state index in [1.165, 1.54) is 18.6 Å². The fourth-order valence-corrected chi connectivity index (χ4v) is 2.98. The van der Waals surface area contributed by atoms with Crippen LogP contribution >= 0.6 is 0 Å². The van der Waals surface area contributed by atoms with Crippen LogP contribution in [-0.4, -0.2) is 18.0 Å². The third-order valence-electron chi connectivity index (χ3n) is 4.45. The molecule has 1 N–H and O–H groups in total. The summed E-state index contributed by atoms with van der Waals surface area (Å²) in [6.45, 7) is 1.35. The molecule has 0 aromatic heterocycles. The van der Waals surface area contributed by atoms with Crippen LogP contribution in [0.4, 0.5) is 14.5 Å². The zero-order valence-electron chi connectivity index (χ0n) is 14.4. The molecular weight excluding hydrogens is 340 g/mol. The van der Waals surface area contributed by atoms with E-state index in [1.54, 1.807) is 12.1 Å². The third-order valence-corrected chi connectivity index (χ3v) is 4.45. The van der Waals surface area contributed by atoms with Crippen molar-refractivity contribution in [1.29, 1.82) is 0 Å². The number of hydrogen-bond acceptors (Lipinski definition) is 3. The zero-order valence-corrected chi connectivity index (χ0v) is 14.4. The number of para-hydroxylation sites is 1. The fourth-order valence-electron chi connectivity index (χ4n) is 2.98. The lowest BCUT2D eigenvalue weighted by atomic mass is 9.90. The summed E-state index contributed by atoms with van der Waals surface area (Å²) in [5, 5.41) is 2.12. The van der Waals surface area contributed by atoms with E-state index in [-0.39, 0.29) is 0 Å².